The lowest BCUT2D eigenvalue weighted by atomic mass is 9.94. The molecule has 0 saturated carbocycles. The first kappa shape index (κ1) is 23.9. The molecule has 0 radical (unpaired) electrons. The summed E-state index contributed by atoms with van der Waals surface area (Å²) in [7, 11) is 1.47. The van der Waals surface area contributed by atoms with Gasteiger partial charge in [-0.15, -0.1) is 0 Å². The van der Waals surface area contributed by atoms with Crippen molar-refractivity contribution in [1.82, 2.24) is 0 Å². The van der Waals surface area contributed by atoms with Crippen molar-refractivity contribution in [1.29, 1.82) is 0 Å². The molecule has 1 aromatic rings. The first-order chi connectivity index (χ1) is 13.8. The number of esters is 4. The van der Waals surface area contributed by atoms with Gasteiger partial charge in [0.25, 0.3) is 0 Å². The van der Waals surface area contributed by atoms with Crippen LogP contribution in [0.2, 0.25) is 0 Å². The van der Waals surface area contributed by atoms with Crippen molar-refractivity contribution in [2.45, 2.75) is 39.2 Å². The van der Waals surface area contributed by atoms with Crippen LogP contribution in [-0.2, 0) is 33.3 Å². The van der Waals surface area contributed by atoms with E-state index in [1.165, 1.54) is 31.4 Å². The molecule has 0 aliphatic carbocycles. The SMILES string of the molecule is CCOC(=O)CC(CC(=O)OCC)(OC(=O)c1ccc(OC)cc1)C(=O)OCC. The molecule has 9 heteroatoms. The fourth-order valence-electron chi connectivity index (χ4n) is 2.44. The zero-order valence-corrected chi connectivity index (χ0v) is 17.0. The standard InChI is InChI=1S/C20H26O9/c1-5-26-16(21)12-20(19(24)28-7-3,13-17(22)27-6-2)29-18(23)14-8-10-15(25-4)11-9-14/h8-11H,5-7,12-13H2,1-4H3. The molecule has 0 spiro atoms. The topological polar surface area (TPSA) is 114 Å². The quantitative estimate of drug-likeness (QED) is 0.399. The molecule has 0 atom stereocenters. The lowest BCUT2D eigenvalue weighted by molar-refractivity contribution is -0.177. The maximum atomic E-state index is 12.7. The second-order valence-electron chi connectivity index (χ2n) is 5.80. The van der Waals surface area contributed by atoms with Crippen molar-refractivity contribution in [3.8, 4) is 5.75 Å². The van der Waals surface area contributed by atoms with E-state index in [4.69, 9.17) is 23.7 Å². The predicted molar refractivity (Wildman–Crippen MR) is 100 cm³/mol. The van der Waals surface area contributed by atoms with Crippen molar-refractivity contribution in [3.05, 3.63) is 29.8 Å². The first-order valence-corrected chi connectivity index (χ1v) is 9.17. The fourth-order valence-corrected chi connectivity index (χ4v) is 2.44. The molecule has 0 aliphatic heterocycles. The van der Waals surface area contributed by atoms with Crippen LogP contribution in [0.3, 0.4) is 0 Å². The molecule has 0 saturated heterocycles. The first-order valence-electron chi connectivity index (χ1n) is 9.17. The Kier molecular flexibility index (Phi) is 9.64. The van der Waals surface area contributed by atoms with E-state index in [1.54, 1.807) is 20.8 Å². The smallest absolute Gasteiger partial charge is 0.351 e. The monoisotopic (exact) mass is 410 g/mol. The predicted octanol–water partition coefficient (Wildman–Crippen LogP) is 2.06. The van der Waals surface area contributed by atoms with Crippen LogP contribution in [0.25, 0.3) is 0 Å². The van der Waals surface area contributed by atoms with Crippen LogP contribution in [0.4, 0.5) is 0 Å². The second kappa shape index (κ2) is 11.7. The van der Waals surface area contributed by atoms with Crippen LogP contribution < -0.4 is 4.74 Å². The van der Waals surface area contributed by atoms with Crippen molar-refractivity contribution in [2.24, 2.45) is 0 Å². The summed E-state index contributed by atoms with van der Waals surface area (Å²) in [4.78, 5) is 49.6. The van der Waals surface area contributed by atoms with Crippen LogP contribution in [0.1, 0.15) is 44.0 Å². The minimum atomic E-state index is -2.22. The fraction of sp³-hybridized carbons (Fsp3) is 0.500. The zero-order valence-electron chi connectivity index (χ0n) is 17.0. The Bertz CT molecular complexity index is 689. The Morgan fingerprint density at radius 2 is 1.28 bits per heavy atom. The Hall–Kier alpha value is -3.10. The molecule has 9 nitrogen and oxygen atoms in total. The summed E-state index contributed by atoms with van der Waals surface area (Å²) in [6, 6.07) is 5.90. The molecular formula is C20H26O9. The van der Waals surface area contributed by atoms with Crippen LogP contribution in [0.5, 0.6) is 5.75 Å². The van der Waals surface area contributed by atoms with Gasteiger partial charge < -0.3 is 23.7 Å². The average Bonchev–Trinajstić information content (AvgIpc) is 2.68. The van der Waals surface area contributed by atoms with Gasteiger partial charge in [0.1, 0.15) is 5.75 Å². The molecule has 29 heavy (non-hydrogen) atoms. The highest BCUT2D eigenvalue weighted by Crippen LogP contribution is 2.27. The molecule has 0 N–H and O–H groups in total. The van der Waals surface area contributed by atoms with Gasteiger partial charge in [-0.1, -0.05) is 0 Å². The number of benzene rings is 1. The lowest BCUT2D eigenvalue weighted by Crippen LogP contribution is -2.48. The van der Waals surface area contributed by atoms with Crippen molar-refractivity contribution < 1.29 is 42.9 Å². The molecule has 160 valence electrons. The molecule has 0 amide bonds. The van der Waals surface area contributed by atoms with E-state index >= 15 is 0 Å². The average molecular weight is 410 g/mol. The van der Waals surface area contributed by atoms with Crippen LogP contribution in [-0.4, -0.2) is 56.4 Å². The third kappa shape index (κ3) is 7.10. The van der Waals surface area contributed by atoms with Crippen LogP contribution in [0, 0.1) is 0 Å². The van der Waals surface area contributed by atoms with Crippen molar-refractivity contribution in [3.63, 3.8) is 0 Å². The number of ether oxygens (including phenoxy) is 5. The maximum Gasteiger partial charge on any atom is 0.351 e. The van der Waals surface area contributed by atoms with E-state index in [1.807, 2.05) is 0 Å². The van der Waals surface area contributed by atoms with E-state index in [0.717, 1.165) is 0 Å². The van der Waals surface area contributed by atoms with Crippen molar-refractivity contribution in [2.75, 3.05) is 26.9 Å². The van der Waals surface area contributed by atoms with Gasteiger partial charge in [0, 0.05) is 0 Å². The summed E-state index contributed by atoms with van der Waals surface area (Å²) in [5.74, 6) is -3.10. The Balaban J connectivity index is 3.27. The van der Waals surface area contributed by atoms with E-state index in [-0.39, 0.29) is 25.4 Å². The molecule has 0 aliphatic rings. The summed E-state index contributed by atoms with van der Waals surface area (Å²) in [5, 5.41) is 0. The van der Waals surface area contributed by atoms with Crippen LogP contribution >= 0.6 is 0 Å². The number of carbonyl (C=O) groups is 4. The Labute approximate surface area is 169 Å². The Morgan fingerprint density at radius 1 is 0.793 bits per heavy atom. The van der Waals surface area contributed by atoms with Gasteiger partial charge in [0.15, 0.2) is 0 Å². The highest BCUT2D eigenvalue weighted by molar-refractivity contribution is 5.96. The summed E-state index contributed by atoms with van der Waals surface area (Å²) < 4.78 is 25.2. The van der Waals surface area contributed by atoms with E-state index < -0.39 is 42.3 Å². The van der Waals surface area contributed by atoms with E-state index in [2.05, 4.69) is 0 Å². The summed E-state index contributed by atoms with van der Waals surface area (Å²) in [6.45, 7) is 4.75. The molecule has 1 aromatic carbocycles. The third-order valence-corrected chi connectivity index (χ3v) is 3.73. The highest BCUT2D eigenvalue weighted by Gasteiger charge is 2.49. The normalized spacial score (nSPS) is 10.6. The number of hydrogen-bond donors (Lipinski definition) is 0. The third-order valence-electron chi connectivity index (χ3n) is 3.73. The molecule has 0 aromatic heterocycles. The molecule has 0 heterocycles. The number of carbonyl (C=O) groups excluding carboxylic acids is 4. The number of methoxy groups -OCH3 is 1. The van der Waals surface area contributed by atoms with Crippen LogP contribution in [0.15, 0.2) is 24.3 Å². The zero-order chi connectivity index (χ0) is 21.9. The van der Waals surface area contributed by atoms with Crippen molar-refractivity contribution >= 4 is 23.9 Å². The van der Waals surface area contributed by atoms with Gasteiger partial charge in [0.2, 0.25) is 5.60 Å². The second-order valence-corrected chi connectivity index (χ2v) is 5.80. The number of hydrogen-bond acceptors (Lipinski definition) is 9. The van der Waals surface area contributed by atoms with Gasteiger partial charge in [-0.2, -0.15) is 0 Å². The highest BCUT2D eigenvalue weighted by atomic mass is 16.6. The van der Waals surface area contributed by atoms with E-state index in [9.17, 15) is 19.2 Å². The lowest BCUT2D eigenvalue weighted by Gasteiger charge is -2.29. The van der Waals surface area contributed by atoms with Gasteiger partial charge in [-0.3, -0.25) is 9.59 Å². The van der Waals surface area contributed by atoms with Gasteiger partial charge >= 0.3 is 23.9 Å². The van der Waals surface area contributed by atoms with Gasteiger partial charge in [0.05, 0.1) is 45.3 Å². The molecule has 0 fully saturated rings. The largest absolute Gasteiger partial charge is 0.497 e. The molecule has 0 bridgehead atoms. The van der Waals surface area contributed by atoms with Gasteiger partial charge in [-0.25, -0.2) is 9.59 Å². The number of rotatable bonds is 11. The minimum Gasteiger partial charge on any atom is -0.497 e. The molecular weight excluding hydrogens is 384 g/mol. The van der Waals surface area contributed by atoms with E-state index in [0.29, 0.717) is 5.75 Å². The Morgan fingerprint density at radius 3 is 1.69 bits per heavy atom. The minimum absolute atomic E-state index is 0.0452. The molecule has 1 rings (SSSR count). The summed E-state index contributed by atoms with van der Waals surface area (Å²) in [5.41, 5.74) is -2.13. The summed E-state index contributed by atoms with van der Waals surface area (Å²) >= 11 is 0. The van der Waals surface area contributed by atoms with Gasteiger partial charge in [-0.05, 0) is 45.0 Å². The molecule has 0 unspecified atom stereocenters. The maximum absolute atomic E-state index is 12.7. The summed E-state index contributed by atoms with van der Waals surface area (Å²) in [6.07, 6.45) is -1.39.